The van der Waals surface area contributed by atoms with E-state index in [1.54, 1.807) is 24.5 Å². The van der Waals surface area contributed by atoms with E-state index in [1.807, 2.05) is 24.3 Å². The van der Waals surface area contributed by atoms with Crippen molar-refractivity contribution in [3.8, 4) is 0 Å². The number of halogens is 1. The zero-order chi connectivity index (χ0) is 22.9. The van der Waals surface area contributed by atoms with Gasteiger partial charge in [-0.15, -0.1) is 11.3 Å². The Morgan fingerprint density at radius 3 is 2.38 bits per heavy atom. The summed E-state index contributed by atoms with van der Waals surface area (Å²) in [5.41, 5.74) is 3.08. The van der Waals surface area contributed by atoms with Crippen molar-refractivity contribution in [1.29, 1.82) is 0 Å². The van der Waals surface area contributed by atoms with Crippen LogP contribution in [-0.2, 0) is 12.8 Å². The van der Waals surface area contributed by atoms with Gasteiger partial charge in [-0.05, 0) is 72.6 Å². The fourth-order valence-electron chi connectivity index (χ4n) is 4.06. The first kappa shape index (κ1) is 22.7. The number of carbonyl (C=O) groups is 2. The van der Waals surface area contributed by atoms with Crippen LogP contribution < -0.4 is 10.6 Å². The predicted molar refractivity (Wildman–Crippen MR) is 134 cm³/mol. The third-order valence-corrected chi connectivity index (χ3v) is 7.69. The van der Waals surface area contributed by atoms with Crippen LogP contribution in [0.25, 0.3) is 0 Å². The Labute approximate surface area is 200 Å². The van der Waals surface area contributed by atoms with E-state index in [0.29, 0.717) is 27.7 Å². The van der Waals surface area contributed by atoms with Gasteiger partial charge < -0.3 is 10.6 Å². The number of thiophene rings is 1. The number of aromatic nitrogens is 1. The molecule has 1 aliphatic rings. The van der Waals surface area contributed by atoms with Crippen molar-refractivity contribution in [2.45, 2.75) is 40.0 Å². The van der Waals surface area contributed by atoms with Crippen LogP contribution in [0, 0.1) is 11.3 Å². The smallest absolute Gasteiger partial charge is 0.258 e. The SMILES string of the molecule is CC(C)(C)C1CCc2c(sc(NC(=O)c3ccncc3)c2C(=O)Nc2ccc(Br)cc2)C1. The summed E-state index contributed by atoms with van der Waals surface area (Å²) in [5.74, 6) is 0.111. The molecular weight excluding hydrogens is 486 g/mol. The monoisotopic (exact) mass is 511 g/mol. The highest BCUT2D eigenvalue weighted by molar-refractivity contribution is 9.10. The van der Waals surface area contributed by atoms with E-state index in [9.17, 15) is 9.59 Å². The fourth-order valence-corrected chi connectivity index (χ4v) is 5.64. The largest absolute Gasteiger partial charge is 0.322 e. The van der Waals surface area contributed by atoms with Crippen LogP contribution in [0.5, 0.6) is 0 Å². The van der Waals surface area contributed by atoms with Gasteiger partial charge in [-0.25, -0.2) is 0 Å². The highest BCUT2D eigenvalue weighted by Crippen LogP contribution is 2.44. The summed E-state index contributed by atoms with van der Waals surface area (Å²) in [6.07, 6.45) is 5.96. The average molecular weight is 512 g/mol. The number of benzene rings is 1. The minimum Gasteiger partial charge on any atom is -0.322 e. The van der Waals surface area contributed by atoms with Crippen molar-refractivity contribution in [1.82, 2.24) is 4.98 Å². The zero-order valence-corrected chi connectivity index (χ0v) is 20.8. The lowest BCUT2D eigenvalue weighted by Crippen LogP contribution is -2.27. The molecule has 0 saturated heterocycles. The van der Waals surface area contributed by atoms with E-state index >= 15 is 0 Å². The minimum absolute atomic E-state index is 0.191. The van der Waals surface area contributed by atoms with Crippen LogP contribution in [0.4, 0.5) is 10.7 Å². The predicted octanol–water partition coefficient (Wildman–Crippen LogP) is 6.56. The third kappa shape index (κ3) is 4.94. The average Bonchev–Trinajstić information content (AvgIpc) is 3.12. The number of nitrogens with one attached hydrogen (secondary N) is 2. The number of anilines is 2. The van der Waals surface area contributed by atoms with Crippen molar-refractivity contribution < 1.29 is 9.59 Å². The standard InChI is InChI=1S/C25H26BrN3O2S/c1-25(2,3)16-4-9-19-20(14-16)32-24(29-22(30)15-10-12-27-13-11-15)21(19)23(31)28-18-7-5-17(26)6-8-18/h5-8,10-13,16H,4,9,14H2,1-3H3,(H,28,31)(H,29,30). The third-order valence-electron chi connectivity index (χ3n) is 5.99. The molecule has 1 aliphatic carbocycles. The van der Waals surface area contributed by atoms with Gasteiger partial charge in [0, 0.05) is 33.0 Å². The Bertz CT molecular complexity index is 1130. The van der Waals surface area contributed by atoms with E-state index in [2.05, 4.69) is 52.3 Å². The number of amides is 2. The van der Waals surface area contributed by atoms with Crippen molar-refractivity contribution in [3.63, 3.8) is 0 Å². The van der Waals surface area contributed by atoms with E-state index in [-0.39, 0.29) is 17.2 Å². The molecule has 0 bridgehead atoms. The number of fused-ring (bicyclic) bond motifs is 1. The number of pyridine rings is 1. The van der Waals surface area contributed by atoms with Gasteiger partial charge in [0.25, 0.3) is 11.8 Å². The van der Waals surface area contributed by atoms with Gasteiger partial charge >= 0.3 is 0 Å². The van der Waals surface area contributed by atoms with E-state index < -0.39 is 0 Å². The molecule has 2 N–H and O–H groups in total. The lowest BCUT2D eigenvalue weighted by molar-refractivity contribution is 0.102. The molecule has 2 heterocycles. The van der Waals surface area contributed by atoms with Gasteiger partial charge in [0.05, 0.1) is 5.56 Å². The summed E-state index contributed by atoms with van der Waals surface area (Å²) in [6.45, 7) is 6.80. The van der Waals surface area contributed by atoms with Crippen molar-refractivity contribution in [2.75, 3.05) is 10.6 Å². The molecule has 5 nitrogen and oxygen atoms in total. The Hall–Kier alpha value is -2.51. The van der Waals surface area contributed by atoms with Crippen LogP contribution in [0.15, 0.2) is 53.3 Å². The van der Waals surface area contributed by atoms with Crippen LogP contribution >= 0.6 is 27.3 Å². The summed E-state index contributed by atoms with van der Waals surface area (Å²) in [7, 11) is 0. The molecule has 7 heteroatoms. The van der Waals surface area contributed by atoms with Gasteiger partial charge in [-0.1, -0.05) is 36.7 Å². The van der Waals surface area contributed by atoms with Crippen molar-refractivity contribution in [2.24, 2.45) is 11.3 Å². The maximum Gasteiger partial charge on any atom is 0.258 e. The second-order valence-corrected chi connectivity index (χ2v) is 11.2. The fraction of sp³-hybridized carbons (Fsp3) is 0.320. The molecule has 166 valence electrons. The second kappa shape index (κ2) is 9.16. The molecule has 0 spiro atoms. The molecule has 1 unspecified atom stereocenters. The first-order chi connectivity index (χ1) is 15.2. The van der Waals surface area contributed by atoms with E-state index in [1.165, 1.54) is 16.2 Å². The number of carbonyl (C=O) groups excluding carboxylic acids is 2. The lowest BCUT2D eigenvalue weighted by atomic mass is 9.72. The maximum absolute atomic E-state index is 13.4. The highest BCUT2D eigenvalue weighted by atomic mass is 79.9. The number of hydrogen-bond acceptors (Lipinski definition) is 4. The summed E-state index contributed by atoms with van der Waals surface area (Å²) < 4.78 is 0.946. The van der Waals surface area contributed by atoms with E-state index in [4.69, 9.17) is 0 Å². The number of rotatable bonds is 4. The summed E-state index contributed by atoms with van der Waals surface area (Å²) in [4.78, 5) is 31.4. The lowest BCUT2D eigenvalue weighted by Gasteiger charge is -2.33. The molecule has 4 rings (SSSR count). The topological polar surface area (TPSA) is 71.1 Å². The van der Waals surface area contributed by atoms with Gasteiger partial charge in [-0.3, -0.25) is 14.6 Å². The Balaban J connectivity index is 1.68. The van der Waals surface area contributed by atoms with Gasteiger partial charge in [0.15, 0.2) is 0 Å². The van der Waals surface area contributed by atoms with Crippen LogP contribution in [-0.4, -0.2) is 16.8 Å². The van der Waals surface area contributed by atoms with Crippen molar-refractivity contribution >= 4 is 49.8 Å². The Morgan fingerprint density at radius 2 is 1.72 bits per heavy atom. The number of nitrogens with zero attached hydrogens (tertiary/aromatic N) is 1. The minimum atomic E-state index is -0.240. The molecule has 0 fully saturated rings. The molecule has 2 amide bonds. The normalized spacial score (nSPS) is 15.7. The summed E-state index contributed by atoms with van der Waals surface area (Å²) in [6, 6.07) is 10.8. The van der Waals surface area contributed by atoms with Gasteiger partial charge in [0.2, 0.25) is 0 Å². The zero-order valence-electron chi connectivity index (χ0n) is 18.4. The molecule has 0 radical (unpaired) electrons. The van der Waals surface area contributed by atoms with Gasteiger partial charge in [0.1, 0.15) is 5.00 Å². The molecule has 0 aliphatic heterocycles. The first-order valence-electron chi connectivity index (χ1n) is 10.6. The molecular formula is C25H26BrN3O2S. The molecule has 1 atom stereocenters. The Kier molecular flexibility index (Phi) is 6.49. The molecule has 1 aromatic carbocycles. The van der Waals surface area contributed by atoms with Gasteiger partial charge in [-0.2, -0.15) is 0 Å². The quantitative estimate of drug-likeness (QED) is 0.416. The summed E-state index contributed by atoms with van der Waals surface area (Å²) in [5, 5.41) is 6.61. The maximum atomic E-state index is 13.4. The molecule has 2 aromatic heterocycles. The molecule has 0 saturated carbocycles. The van der Waals surface area contributed by atoms with E-state index in [0.717, 1.165) is 29.3 Å². The van der Waals surface area contributed by atoms with Crippen molar-refractivity contribution in [3.05, 3.63) is 74.8 Å². The molecule has 32 heavy (non-hydrogen) atoms. The number of hydrogen-bond donors (Lipinski definition) is 2. The van der Waals surface area contributed by atoms with Crippen LogP contribution in [0.2, 0.25) is 0 Å². The van der Waals surface area contributed by atoms with Crippen LogP contribution in [0.1, 0.15) is 58.3 Å². The first-order valence-corrected chi connectivity index (χ1v) is 12.3. The summed E-state index contributed by atoms with van der Waals surface area (Å²) >= 11 is 4.95. The van der Waals surface area contributed by atoms with Crippen LogP contribution in [0.3, 0.4) is 0 Å². The second-order valence-electron chi connectivity index (χ2n) is 9.16. The highest BCUT2D eigenvalue weighted by Gasteiger charge is 2.34. The molecule has 3 aromatic rings. The Morgan fingerprint density at radius 1 is 1.03 bits per heavy atom.